The molecule has 104 valence electrons. The number of aromatic nitrogens is 5. The summed E-state index contributed by atoms with van der Waals surface area (Å²) >= 11 is 0. The Morgan fingerprint density at radius 3 is 2.86 bits per heavy atom. The molecule has 21 heavy (non-hydrogen) atoms. The zero-order valence-electron chi connectivity index (χ0n) is 11.8. The molecule has 0 radical (unpaired) electrons. The first-order valence-electron chi connectivity index (χ1n) is 6.66. The molecular weight excluding hydrogens is 264 g/mol. The van der Waals surface area contributed by atoms with E-state index in [9.17, 15) is 0 Å². The highest BCUT2D eigenvalue weighted by molar-refractivity contribution is 5.99. The monoisotopic (exact) mass is 278 g/mol. The Bertz CT molecular complexity index is 979. The molecule has 0 saturated carbocycles. The minimum absolute atomic E-state index is 0.498. The fourth-order valence-corrected chi connectivity index (χ4v) is 2.76. The number of nitrogens with zero attached hydrogens (tertiary/aromatic N) is 5. The Labute approximate surface area is 120 Å². The van der Waals surface area contributed by atoms with Crippen LogP contribution in [-0.4, -0.2) is 24.1 Å². The summed E-state index contributed by atoms with van der Waals surface area (Å²) in [6.45, 7) is 1.98. The summed E-state index contributed by atoms with van der Waals surface area (Å²) in [5, 5.41) is 5.39. The van der Waals surface area contributed by atoms with E-state index in [-0.39, 0.29) is 0 Å². The number of hydrogen-bond acceptors (Lipinski definition) is 4. The van der Waals surface area contributed by atoms with Gasteiger partial charge < -0.3 is 10.1 Å². The minimum atomic E-state index is 0.498. The normalized spacial score (nSPS) is 11.5. The molecule has 0 amide bonds. The smallest absolute Gasteiger partial charge is 0.136 e. The highest BCUT2D eigenvalue weighted by Gasteiger charge is 2.15. The molecule has 4 aromatic rings. The van der Waals surface area contributed by atoms with Crippen molar-refractivity contribution in [3.63, 3.8) is 0 Å². The molecule has 0 aliphatic heterocycles. The molecule has 0 saturated heterocycles. The summed E-state index contributed by atoms with van der Waals surface area (Å²) in [7, 11) is 1.91. The van der Waals surface area contributed by atoms with Crippen molar-refractivity contribution in [2.45, 2.75) is 6.92 Å². The van der Waals surface area contributed by atoms with Crippen LogP contribution in [0.25, 0.3) is 27.8 Å². The summed E-state index contributed by atoms with van der Waals surface area (Å²) in [4.78, 5) is 8.62. The molecule has 4 heterocycles. The number of rotatable bonds is 1. The molecule has 4 rings (SSSR count). The molecule has 0 aromatic carbocycles. The van der Waals surface area contributed by atoms with E-state index in [1.807, 2.05) is 53.6 Å². The van der Waals surface area contributed by atoms with Gasteiger partial charge in [-0.2, -0.15) is 5.10 Å². The lowest BCUT2D eigenvalue weighted by Crippen LogP contribution is -1.96. The molecule has 0 spiro atoms. The Kier molecular flexibility index (Phi) is 2.29. The van der Waals surface area contributed by atoms with Crippen molar-refractivity contribution in [3.8, 4) is 11.3 Å². The maximum absolute atomic E-state index is 6.04. The van der Waals surface area contributed by atoms with Crippen molar-refractivity contribution in [1.29, 1.82) is 0 Å². The van der Waals surface area contributed by atoms with Crippen LogP contribution in [0.15, 0.2) is 36.8 Å². The van der Waals surface area contributed by atoms with Crippen LogP contribution in [-0.2, 0) is 7.05 Å². The Hall–Kier alpha value is -2.89. The zero-order chi connectivity index (χ0) is 14.6. The van der Waals surface area contributed by atoms with Crippen LogP contribution in [0, 0.1) is 6.92 Å². The van der Waals surface area contributed by atoms with Gasteiger partial charge in [0.15, 0.2) is 0 Å². The van der Waals surface area contributed by atoms with Gasteiger partial charge in [0, 0.05) is 31.2 Å². The lowest BCUT2D eigenvalue weighted by molar-refractivity contribution is 0.787. The predicted molar refractivity (Wildman–Crippen MR) is 81.8 cm³/mol. The molecule has 6 heteroatoms. The topological polar surface area (TPSA) is 74.0 Å². The molecule has 0 atom stereocenters. The largest absolute Gasteiger partial charge is 0.383 e. The van der Waals surface area contributed by atoms with Crippen molar-refractivity contribution in [3.05, 3.63) is 42.5 Å². The average molecular weight is 278 g/mol. The molecule has 0 aliphatic carbocycles. The Balaban J connectivity index is 2.05. The van der Waals surface area contributed by atoms with Crippen LogP contribution < -0.4 is 5.73 Å². The number of nitrogens with two attached hydrogens (primary N) is 1. The first kappa shape index (κ1) is 11.9. The molecule has 4 aromatic heterocycles. The van der Waals surface area contributed by atoms with Gasteiger partial charge >= 0.3 is 0 Å². The van der Waals surface area contributed by atoms with E-state index in [4.69, 9.17) is 5.73 Å². The average Bonchev–Trinajstić information content (AvgIpc) is 2.97. The second-order valence-electron chi connectivity index (χ2n) is 5.13. The van der Waals surface area contributed by atoms with Crippen LogP contribution in [0.2, 0.25) is 0 Å². The van der Waals surface area contributed by atoms with E-state index in [0.29, 0.717) is 5.82 Å². The summed E-state index contributed by atoms with van der Waals surface area (Å²) < 4.78 is 3.85. The Morgan fingerprint density at radius 2 is 2.00 bits per heavy atom. The summed E-state index contributed by atoms with van der Waals surface area (Å²) in [5.41, 5.74) is 10.8. The SMILES string of the molecule is Cc1cn2cc(-c3c4c(N)nccc4nn3C)ccc2n1. The van der Waals surface area contributed by atoms with E-state index in [1.165, 1.54) is 0 Å². The molecule has 0 bridgehead atoms. The number of pyridine rings is 2. The molecule has 2 N–H and O–H groups in total. The van der Waals surface area contributed by atoms with Crippen molar-refractivity contribution < 1.29 is 0 Å². The first-order valence-corrected chi connectivity index (χ1v) is 6.66. The highest BCUT2D eigenvalue weighted by atomic mass is 15.3. The lowest BCUT2D eigenvalue weighted by Gasteiger charge is -2.05. The van der Waals surface area contributed by atoms with Gasteiger partial charge in [-0.1, -0.05) is 0 Å². The van der Waals surface area contributed by atoms with Crippen LogP contribution >= 0.6 is 0 Å². The summed E-state index contributed by atoms with van der Waals surface area (Å²) in [6.07, 6.45) is 5.72. The van der Waals surface area contributed by atoms with Crippen LogP contribution in [0.3, 0.4) is 0 Å². The molecule has 0 fully saturated rings. The fraction of sp³-hybridized carbons (Fsp3) is 0.133. The maximum atomic E-state index is 6.04. The van der Waals surface area contributed by atoms with Gasteiger partial charge in [0.2, 0.25) is 0 Å². The number of aryl methyl sites for hydroxylation is 2. The zero-order valence-corrected chi connectivity index (χ0v) is 11.8. The van der Waals surface area contributed by atoms with E-state index < -0.39 is 0 Å². The summed E-state index contributed by atoms with van der Waals surface area (Å²) in [5.74, 6) is 0.498. The molecule has 6 nitrogen and oxygen atoms in total. The Morgan fingerprint density at radius 1 is 1.14 bits per heavy atom. The third-order valence-corrected chi connectivity index (χ3v) is 3.62. The van der Waals surface area contributed by atoms with Crippen LogP contribution in [0.5, 0.6) is 0 Å². The number of hydrogen-bond donors (Lipinski definition) is 1. The van der Waals surface area contributed by atoms with Gasteiger partial charge in [-0.05, 0) is 25.1 Å². The number of anilines is 1. The minimum Gasteiger partial charge on any atom is -0.383 e. The fourth-order valence-electron chi connectivity index (χ4n) is 2.76. The van der Waals surface area contributed by atoms with E-state index >= 15 is 0 Å². The third-order valence-electron chi connectivity index (χ3n) is 3.62. The van der Waals surface area contributed by atoms with Gasteiger partial charge in [-0.3, -0.25) is 4.68 Å². The second-order valence-corrected chi connectivity index (χ2v) is 5.13. The standard InChI is InChI=1S/C15H14N6/c1-9-7-21-8-10(3-4-12(21)18-9)14-13-11(19-20(14)2)5-6-17-15(13)16/h3-8H,1-2H3,(H2,16,17). The number of imidazole rings is 1. The van der Waals surface area contributed by atoms with E-state index in [1.54, 1.807) is 6.20 Å². The van der Waals surface area contributed by atoms with E-state index in [2.05, 4.69) is 15.1 Å². The third kappa shape index (κ3) is 1.69. The lowest BCUT2D eigenvalue weighted by atomic mass is 10.1. The van der Waals surface area contributed by atoms with Gasteiger partial charge in [0.25, 0.3) is 0 Å². The van der Waals surface area contributed by atoms with E-state index in [0.717, 1.165) is 33.5 Å². The quantitative estimate of drug-likeness (QED) is 0.579. The van der Waals surface area contributed by atoms with Crippen LogP contribution in [0.4, 0.5) is 5.82 Å². The summed E-state index contributed by atoms with van der Waals surface area (Å²) in [6, 6.07) is 5.90. The highest BCUT2D eigenvalue weighted by Crippen LogP contribution is 2.31. The second kappa shape index (κ2) is 4.05. The molecule has 0 unspecified atom stereocenters. The van der Waals surface area contributed by atoms with Crippen molar-refractivity contribution in [1.82, 2.24) is 24.1 Å². The van der Waals surface area contributed by atoms with Gasteiger partial charge in [-0.25, -0.2) is 9.97 Å². The van der Waals surface area contributed by atoms with Crippen molar-refractivity contribution in [2.75, 3.05) is 5.73 Å². The maximum Gasteiger partial charge on any atom is 0.136 e. The molecule has 0 aliphatic rings. The molecular formula is C15H14N6. The predicted octanol–water partition coefficient (Wildman–Crippen LogP) is 2.17. The van der Waals surface area contributed by atoms with Gasteiger partial charge in [0.1, 0.15) is 11.5 Å². The van der Waals surface area contributed by atoms with Crippen molar-refractivity contribution in [2.24, 2.45) is 7.05 Å². The first-order chi connectivity index (χ1) is 10.1. The van der Waals surface area contributed by atoms with Gasteiger partial charge in [0.05, 0.1) is 22.3 Å². The van der Waals surface area contributed by atoms with Gasteiger partial charge in [-0.15, -0.1) is 0 Å². The number of nitrogen functional groups attached to an aromatic ring is 1. The van der Waals surface area contributed by atoms with Crippen LogP contribution in [0.1, 0.15) is 5.69 Å². The number of fused-ring (bicyclic) bond motifs is 2. The van der Waals surface area contributed by atoms with Crippen molar-refractivity contribution >= 4 is 22.4 Å².